The summed E-state index contributed by atoms with van der Waals surface area (Å²) >= 11 is 1.75. The zero-order valence-electron chi connectivity index (χ0n) is 21.4. The van der Waals surface area contributed by atoms with Crippen molar-refractivity contribution >= 4 is 30.4 Å². The summed E-state index contributed by atoms with van der Waals surface area (Å²) in [6.45, 7) is 10.6. The number of alkyl halides is 1. The third kappa shape index (κ3) is 5.73. The first-order chi connectivity index (χ1) is 17.0. The smallest absolute Gasteiger partial charge is 0.403 e. The van der Waals surface area contributed by atoms with E-state index < -0.39 is 60.8 Å². The van der Waals surface area contributed by atoms with Crippen LogP contribution in [0.15, 0.2) is 21.9 Å². The van der Waals surface area contributed by atoms with Crippen molar-refractivity contribution in [2.24, 2.45) is 0 Å². The highest BCUT2D eigenvalue weighted by molar-refractivity contribution is 14.1. The van der Waals surface area contributed by atoms with Crippen LogP contribution < -0.4 is 15.8 Å². The van der Waals surface area contributed by atoms with Gasteiger partial charge < -0.3 is 9.26 Å². The van der Waals surface area contributed by atoms with E-state index in [1.165, 1.54) is 6.20 Å². The van der Waals surface area contributed by atoms with E-state index in [1.807, 2.05) is 41.5 Å². The number of hydrogen-bond acceptors (Lipinski definition) is 7. The van der Waals surface area contributed by atoms with Gasteiger partial charge in [-0.05, 0) is 45.1 Å². The number of rotatable bonds is 4. The molecule has 1 aromatic heterocycles. The second-order valence-corrected chi connectivity index (χ2v) is 14.0. The van der Waals surface area contributed by atoms with Crippen LogP contribution in [-0.4, -0.2) is 28.4 Å². The highest BCUT2D eigenvalue weighted by Crippen LogP contribution is 2.58. The number of ether oxygens (including phenoxy) is 1. The Morgan fingerprint density at radius 3 is 2.46 bits per heavy atom. The van der Waals surface area contributed by atoms with Gasteiger partial charge in [-0.1, -0.05) is 41.5 Å². The molecule has 0 spiro atoms. The Labute approximate surface area is 226 Å². The number of benzene rings is 1. The minimum atomic E-state index is -4.24. The van der Waals surface area contributed by atoms with Crippen molar-refractivity contribution in [1.29, 1.82) is 0 Å². The number of aromatic nitrogens is 2. The molecule has 1 unspecified atom stereocenters. The van der Waals surface area contributed by atoms with Gasteiger partial charge in [0.25, 0.3) is 5.56 Å². The number of phosphoric acid groups is 1. The normalized spacial score (nSPS) is 26.1. The summed E-state index contributed by atoms with van der Waals surface area (Å²) < 4.78 is 67.0. The molecule has 3 heterocycles. The molecular weight excluding hydrogens is 624 g/mol. The van der Waals surface area contributed by atoms with Crippen LogP contribution in [-0.2, 0) is 35.8 Å². The summed E-state index contributed by atoms with van der Waals surface area (Å²) in [5.41, 5.74) is -0.976. The van der Waals surface area contributed by atoms with Crippen molar-refractivity contribution < 1.29 is 31.7 Å². The predicted molar refractivity (Wildman–Crippen MR) is 140 cm³/mol. The lowest BCUT2D eigenvalue weighted by Crippen LogP contribution is -2.33. The number of nitrogens with one attached hydrogen (secondary N) is 1. The van der Waals surface area contributed by atoms with E-state index in [0.29, 0.717) is 11.1 Å². The van der Waals surface area contributed by atoms with Crippen molar-refractivity contribution in [3.63, 3.8) is 0 Å². The fraction of sp³-hybridized carbons (Fsp3) is 0.583. The first-order valence-electron chi connectivity index (χ1n) is 11.8. The quantitative estimate of drug-likeness (QED) is 0.355. The number of fused-ring (bicyclic) bond motifs is 1. The van der Waals surface area contributed by atoms with E-state index in [0.717, 1.165) is 4.57 Å². The summed E-state index contributed by atoms with van der Waals surface area (Å²) in [4.78, 5) is 25.9. The molecule has 1 aromatic carbocycles. The second kappa shape index (κ2) is 9.86. The molecule has 0 bridgehead atoms. The molecule has 0 radical (unpaired) electrons. The van der Waals surface area contributed by atoms with E-state index in [9.17, 15) is 18.5 Å². The average Bonchev–Trinajstić information content (AvgIpc) is 3.13. The van der Waals surface area contributed by atoms with Crippen LogP contribution in [0.25, 0.3) is 0 Å². The largest absolute Gasteiger partial charge is 0.530 e. The topological polar surface area (TPSA) is 109 Å². The van der Waals surface area contributed by atoms with Gasteiger partial charge in [0, 0.05) is 18.2 Å². The lowest BCUT2D eigenvalue weighted by Gasteiger charge is -2.33. The maximum atomic E-state index is 15.4. The molecule has 4 rings (SSSR count). The molecule has 4 atom stereocenters. The molecule has 1 fully saturated rings. The number of hydrogen-bond donors (Lipinski definition) is 1. The van der Waals surface area contributed by atoms with Gasteiger partial charge in [-0.15, -0.1) is 0 Å². The Hall–Kier alpha value is -1.60. The third-order valence-corrected chi connectivity index (χ3v) is 8.37. The first kappa shape index (κ1) is 28.4. The van der Waals surface area contributed by atoms with Gasteiger partial charge in [0.15, 0.2) is 0 Å². The molecule has 37 heavy (non-hydrogen) atoms. The first-order valence-corrected chi connectivity index (χ1v) is 14.3. The number of H-pyrrole nitrogens is 1. The Bertz CT molecular complexity index is 1380. The van der Waals surface area contributed by atoms with E-state index in [-0.39, 0.29) is 27.9 Å². The van der Waals surface area contributed by atoms with Crippen molar-refractivity contribution in [2.75, 3.05) is 6.61 Å². The summed E-state index contributed by atoms with van der Waals surface area (Å²) in [6.07, 6.45) is -2.62. The van der Waals surface area contributed by atoms with Crippen LogP contribution in [0.1, 0.15) is 70.9 Å². The van der Waals surface area contributed by atoms with Gasteiger partial charge in [-0.25, -0.2) is 18.1 Å². The molecule has 2 aliphatic rings. The van der Waals surface area contributed by atoms with Crippen LogP contribution in [0, 0.1) is 9.39 Å². The summed E-state index contributed by atoms with van der Waals surface area (Å²) in [6, 6.07) is 1.72. The number of aromatic amines is 1. The van der Waals surface area contributed by atoms with Gasteiger partial charge in [-0.3, -0.25) is 23.4 Å². The maximum absolute atomic E-state index is 15.4. The minimum absolute atomic E-state index is 0.101. The molecule has 0 aliphatic carbocycles. The van der Waals surface area contributed by atoms with Crippen LogP contribution in [0.3, 0.4) is 0 Å². The lowest BCUT2D eigenvalue weighted by atomic mass is 9.78. The van der Waals surface area contributed by atoms with Crippen LogP contribution in [0.5, 0.6) is 5.75 Å². The van der Waals surface area contributed by atoms with Crippen LogP contribution >= 0.6 is 30.4 Å². The highest BCUT2D eigenvalue weighted by atomic mass is 127. The van der Waals surface area contributed by atoms with Gasteiger partial charge in [0.05, 0.1) is 22.3 Å². The minimum Gasteiger partial charge on any atom is -0.403 e. The molecule has 1 N–H and O–H groups in total. The summed E-state index contributed by atoms with van der Waals surface area (Å²) in [5.74, 6) is -0.391. The maximum Gasteiger partial charge on any atom is 0.530 e. The van der Waals surface area contributed by atoms with Crippen LogP contribution in [0.2, 0.25) is 0 Å². The van der Waals surface area contributed by atoms with Gasteiger partial charge in [0.1, 0.15) is 30.1 Å². The zero-order chi connectivity index (χ0) is 27.5. The van der Waals surface area contributed by atoms with Crippen molar-refractivity contribution in [2.45, 2.75) is 83.9 Å². The molecule has 204 valence electrons. The predicted octanol–water partition coefficient (Wildman–Crippen LogP) is 5.23. The van der Waals surface area contributed by atoms with Gasteiger partial charge in [-0.2, -0.15) is 0 Å². The number of nitrogens with zero attached hydrogens (tertiary/aromatic N) is 1. The molecule has 13 heteroatoms. The van der Waals surface area contributed by atoms with Crippen LogP contribution in [0.4, 0.5) is 8.78 Å². The molecule has 9 nitrogen and oxygen atoms in total. The number of halogens is 3. The van der Waals surface area contributed by atoms with E-state index in [1.54, 1.807) is 28.7 Å². The Morgan fingerprint density at radius 1 is 1.19 bits per heavy atom. The molecule has 0 saturated carbocycles. The van der Waals surface area contributed by atoms with E-state index >= 15 is 4.39 Å². The third-order valence-electron chi connectivity index (χ3n) is 6.29. The fourth-order valence-electron chi connectivity index (χ4n) is 4.23. The fourth-order valence-corrected chi connectivity index (χ4v) is 5.89. The summed E-state index contributed by atoms with van der Waals surface area (Å²) in [5, 5.41) is 0. The Kier molecular flexibility index (Phi) is 7.57. The molecule has 1 saturated heterocycles. The Morgan fingerprint density at radius 2 is 1.84 bits per heavy atom. The second-order valence-electron chi connectivity index (χ2n) is 11.2. The average molecular weight is 654 g/mol. The lowest BCUT2D eigenvalue weighted by molar-refractivity contribution is -0.0371. The Balaban J connectivity index is 1.55. The standard InChI is InChI=1S/C24H30F2IN2O7P/c1-23(2,3)13-7-14(24(4,5)6)20-12(19(13)26)10-33-37(32,36-20)34-11-17-15(25)8-18(35-17)29-9-16(27)21(30)28-22(29)31/h7,9,15,17-18H,8,10-11H2,1-6H3,(H,28,30,31)/t15-,17-,18-,37?/m1/s1. The molecule has 0 amide bonds. The van der Waals surface area contributed by atoms with Crippen molar-refractivity contribution in [3.8, 4) is 5.75 Å². The monoisotopic (exact) mass is 654 g/mol. The highest BCUT2D eigenvalue weighted by Gasteiger charge is 2.43. The molecule has 2 aromatic rings. The van der Waals surface area contributed by atoms with E-state index in [4.69, 9.17) is 18.3 Å². The van der Waals surface area contributed by atoms with Crippen molar-refractivity contribution in [1.82, 2.24) is 9.55 Å². The van der Waals surface area contributed by atoms with Gasteiger partial charge >= 0.3 is 13.5 Å². The van der Waals surface area contributed by atoms with E-state index in [2.05, 4.69) is 4.98 Å². The van der Waals surface area contributed by atoms with Gasteiger partial charge in [0.2, 0.25) is 0 Å². The summed E-state index contributed by atoms with van der Waals surface area (Å²) in [7, 11) is -4.24. The number of phosphoric ester groups is 1. The van der Waals surface area contributed by atoms with Crippen molar-refractivity contribution in [3.05, 3.63) is 59.2 Å². The molecular formula is C24H30F2IN2O7P. The molecule has 2 aliphatic heterocycles. The SMILES string of the molecule is CC(C)(C)c1cc(C(C)(C)C)c2c(c1F)COP(=O)(OC[C@H]1O[C@@H](n3cc(I)c(=O)[nH]c3=O)C[C@H]1F)O2. The zero-order valence-corrected chi connectivity index (χ0v) is 24.4.